The van der Waals surface area contributed by atoms with Crippen LogP contribution < -0.4 is 5.32 Å². The summed E-state index contributed by atoms with van der Waals surface area (Å²) in [5.41, 5.74) is 2.11. The fourth-order valence-corrected chi connectivity index (χ4v) is 3.32. The Morgan fingerprint density at radius 1 is 1.27 bits per heavy atom. The van der Waals surface area contributed by atoms with E-state index in [9.17, 15) is 0 Å². The first kappa shape index (κ1) is 14.9. The summed E-state index contributed by atoms with van der Waals surface area (Å²) in [7, 11) is 0. The molecule has 3 rings (SSSR count). The standard InChI is InChI=1S/C16H18N4OS/c1-10-11(2)22-16-13(10)15(18-7-4-8-21)19-14(20-16)12-5-3-6-17-9-12/h3,5-6,9,21H,4,7-8H2,1-2H3,(H,18,19,20). The van der Waals surface area contributed by atoms with E-state index in [1.54, 1.807) is 23.7 Å². The van der Waals surface area contributed by atoms with E-state index in [4.69, 9.17) is 10.1 Å². The van der Waals surface area contributed by atoms with Gasteiger partial charge in [-0.1, -0.05) is 0 Å². The molecular formula is C16H18N4OS. The monoisotopic (exact) mass is 314 g/mol. The number of aromatic nitrogens is 3. The Bertz CT molecular complexity index is 786. The minimum absolute atomic E-state index is 0.165. The van der Waals surface area contributed by atoms with Gasteiger partial charge in [-0.2, -0.15) is 0 Å². The summed E-state index contributed by atoms with van der Waals surface area (Å²) in [6, 6.07) is 3.84. The molecule has 0 aliphatic heterocycles. The smallest absolute Gasteiger partial charge is 0.164 e. The molecule has 0 amide bonds. The Morgan fingerprint density at radius 2 is 2.14 bits per heavy atom. The van der Waals surface area contributed by atoms with Crippen molar-refractivity contribution in [3.05, 3.63) is 35.0 Å². The Hall–Kier alpha value is -2.05. The highest BCUT2D eigenvalue weighted by molar-refractivity contribution is 7.18. The number of fused-ring (bicyclic) bond motifs is 1. The molecule has 0 saturated carbocycles. The topological polar surface area (TPSA) is 70.9 Å². The molecule has 5 nitrogen and oxygen atoms in total. The largest absolute Gasteiger partial charge is 0.396 e. The Morgan fingerprint density at radius 3 is 2.86 bits per heavy atom. The van der Waals surface area contributed by atoms with Crippen LogP contribution in [0.25, 0.3) is 21.6 Å². The number of nitrogens with zero attached hydrogens (tertiary/aromatic N) is 3. The molecule has 0 aromatic carbocycles. The van der Waals surface area contributed by atoms with Crippen molar-refractivity contribution in [1.29, 1.82) is 0 Å². The normalized spacial score (nSPS) is 11.0. The predicted octanol–water partition coefficient (Wildman–Crippen LogP) is 3.16. The molecule has 0 bridgehead atoms. The zero-order chi connectivity index (χ0) is 15.5. The number of rotatable bonds is 5. The van der Waals surface area contributed by atoms with E-state index in [2.05, 4.69) is 29.1 Å². The highest BCUT2D eigenvalue weighted by Gasteiger charge is 2.15. The molecule has 3 heterocycles. The summed E-state index contributed by atoms with van der Waals surface area (Å²) in [6.45, 7) is 5.04. The maximum Gasteiger partial charge on any atom is 0.164 e. The summed E-state index contributed by atoms with van der Waals surface area (Å²) in [5.74, 6) is 1.51. The van der Waals surface area contributed by atoms with Crippen molar-refractivity contribution in [3.8, 4) is 11.4 Å². The van der Waals surface area contributed by atoms with E-state index < -0.39 is 0 Å². The lowest BCUT2D eigenvalue weighted by Crippen LogP contribution is -2.07. The van der Waals surface area contributed by atoms with Crippen LogP contribution in [0.15, 0.2) is 24.5 Å². The molecule has 0 radical (unpaired) electrons. The van der Waals surface area contributed by atoms with Crippen LogP contribution in [0, 0.1) is 13.8 Å². The van der Waals surface area contributed by atoms with Gasteiger partial charge in [0.1, 0.15) is 10.6 Å². The minimum Gasteiger partial charge on any atom is -0.396 e. The van der Waals surface area contributed by atoms with Gasteiger partial charge >= 0.3 is 0 Å². The third kappa shape index (κ3) is 2.80. The number of aryl methyl sites for hydroxylation is 2. The van der Waals surface area contributed by atoms with Crippen molar-refractivity contribution in [1.82, 2.24) is 15.0 Å². The minimum atomic E-state index is 0.165. The third-order valence-corrected chi connectivity index (χ3v) is 4.68. The van der Waals surface area contributed by atoms with E-state index in [-0.39, 0.29) is 6.61 Å². The van der Waals surface area contributed by atoms with Gasteiger partial charge in [-0.3, -0.25) is 4.98 Å². The number of hydrogen-bond acceptors (Lipinski definition) is 6. The van der Waals surface area contributed by atoms with Crippen LogP contribution in [0.3, 0.4) is 0 Å². The number of hydrogen-bond donors (Lipinski definition) is 2. The zero-order valence-corrected chi connectivity index (χ0v) is 13.4. The lowest BCUT2D eigenvalue weighted by atomic mass is 10.2. The van der Waals surface area contributed by atoms with Gasteiger partial charge in [-0.25, -0.2) is 9.97 Å². The molecule has 0 atom stereocenters. The number of anilines is 1. The molecule has 2 N–H and O–H groups in total. The zero-order valence-electron chi connectivity index (χ0n) is 12.6. The molecule has 0 unspecified atom stereocenters. The van der Waals surface area contributed by atoms with E-state index in [1.165, 1.54) is 10.4 Å². The maximum absolute atomic E-state index is 8.97. The summed E-state index contributed by atoms with van der Waals surface area (Å²) < 4.78 is 0. The van der Waals surface area contributed by atoms with Gasteiger partial charge in [0.25, 0.3) is 0 Å². The Kier molecular flexibility index (Phi) is 4.31. The molecular weight excluding hydrogens is 296 g/mol. The molecule has 6 heteroatoms. The quantitative estimate of drug-likeness (QED) is 0.708. The second-order valence-electron chi connectivity index (χ2n) is 5.10. The molecule has 0 aliphatic carbocycles. The molecule has 3 aromatic rings. The van der Waals surface area contributed by atoms with Crippen LogP contribution in [0.4, 0.5) is 5.82 Å². The maximum atomic E-state index is 8.97. The SMILES string of the molecule is Cc1sc2nc(-c3cccnc3)nc(NCCCO)c2c1C. The van der Waals surface area contributed by atoms with Crippen molar-refractivity contribution in [2.75, 3.05) is 18.5 Å². The molecule has 114 valence electrons. The van der Waals surface area contributed by atoms with Gasteiger partial charge in [0, 0.05) is 36.0 Å². The number of pyridine rings is 1. The summed E-state index contributed by atoms with van der Waals surface area (Å²) in [4.78, 5) is 15.7. The van der Waals surface area contributed by atoms with Crippen LogP contribution in [0.2, 0.25) is 0 Å². The van der Waals surface area contributed by atoms with E-state index >= 15 is 0 Å². The van der Waals surface area contributed by atoms with Crippen molar-refractivity contribution in [2.45, 2.75) is 20.3 Å². The first-order chi connectivity index (χ1) is 10.7. The van der Waals surface area contributed by atoms with Gasteiger partial charge in [0.2, 0.25) is 0 Å². The van der Waals surface area contributed by atoms with Crippen molar-refractivity contribution >= 4 is 27.4 Å². The number of aliphatic hydroxyl groups excluding tert-OH is 1. The van der Waals surface area contributed by atoms with Crippen LogP contribution in [-0.2, 0) is 0 Å². The predicted molar refractivity (Wildman–Crippen MR) is 90.3 cm³/mol. The van der Waals surface area contributed by atoms with Crippen LogP contribution in [-0.4, -0.2) is 33.2 Å². The first-order valence-corrected chi connectivity index (χ1v) is 8.05. The highest BCUT2D eigenvalue weighted by Crippen LogP contribution is 2.34. The Labute approximate surface area is 133 Å². The summed E-state index contributed by atoms with van der Waals surface area (Å²) >= 11 is 1.68. The molecule has 0 fully saturated rings. The van der Waals surface area contributed by atoms with Crippen molar-refractivity contribution < 1.29 is 5.11 Å². The van der Waals surface area contributed by atoms with Crippen molar-refractivity contribution in [2.24, 2.45) is 0 Å². The average Bonchev–Trinajstić information content (AvgIpc) is 2.83. The van der Waals surface area contributed by atoms with Crippen LogP contribution in [0.1, 0.15) is 16.9 Å². The molecule has 22 heavy (non-hydrogen) atoms. The van der Waals surface area contributed by atoms with Gasteiger partial charge in [-0.05, 0) is 38.0 Å². The van der Waals surface area contributed by atoms with Crippen LogP contribution in [0.5, 0.6) is 0 Å². The Balaban J connectivity index is 2.12. The molecule has 0 aliphatic rings. The number of nitrogens with one attached hydrogen (secondary N) is 1. The first-order valence-electron chi connectivity index (χ1n) is 7.23. The fraction of sp³-hybridized carbons (Fsp3) is 0.312. The second kappa shape index (κ2) is 6.37. The lowest BCUT2D eigenvalue weighted by Gasteiger charge is -2.09. The van der Waals surface area contributed by atoms with Gasteiger partial charge in [0.05, 0.1) is 5.39 Å². The molecule has 0 spiro atoms. The van der Waals surface area contributed by atoms with Crippen molar-refractivity contribution in [3.63, 3.8) is 0 Å². The second-order valence-corrected chi connectivity index (χ2v) is 6.31. The van der Waals surface area contributed by atoms with E-state index in [0.717, 1.165) is 21.6 Å². The summed E-state index contributed by atoms with van der Waals surface area (Å²) in [6.07, 6.45) is 4.20. The van der Waals surface area contributed by atoms with E-state index in [0.29, 0.717) is 18.8 Å². The van der Waals surface area contributed by atoms with Crippen LogP contribution >= 0.6 is 11.3 Å². The van der Waals surface area contributed by atoms with Gasteiger partial charge < -0.3 is 10.4 Å². The highest BCUT2D eigenvalue weighted by atomic mass is 32.1. The molecule has 0 saturated heterocycles. The number of thiophene rings is 1. The third-order valence-electron chi connectivity index (χ3n) is 3.58. The average molecular weight is 314 g/mol. The number of aliphatic hydroxyl groups is 1. The van der Waals surface area contributed by atoms with E-state index in [1.807, 2.05) is 12.1 Å². The van der Waals surface area contributed by atoms with Gasteiger partial charge in [0.15, 0.2) is 5.82 Å². The lowest BCUT2D eigenvalue weighted by molar-refractivity contribution is 0.292. The van der Waals surface area contributed by atoms with Gasteiger partial charge in [-0.15, -0.1) is 11.3 Å². The molecule has 3 aromatic heterocycles. The summed E-state index contributed by atoms with van der Waals surface area (Å²) in [5, 5.41) is 13.4. The fourth-order valence-electron chi connectivity index (χ4n) is 2.29.